The van der Waals surface area contributed by atoms with E-state index in [1.165, 1.54) is 51.3 Å². The van der Waals surface area contributed by atoms with E-state index in [9.17, 15) is 27.2 Å². The predicted molar refractivity (Wildman–Crippen MR) is 162 cm³/mol. The Labute approximate surface area is 256 Å². The molecule has 2 rings (SSSR count). The van der Waals surface area contributed by atoms with Crippen molar-refractivity contribution in [1.82, 2.24) is 10.6 Å². The summed E-state index contributed by atoms with van der Waals surface area (Å²) in [5.74, 6) is -0.604. The minimum atomic E-state index is -4.72. The van der Waals surface area contributed by atoms with Crippen LogP contribution in [0, 0.1) is 0 Å². The number of esters is 1. The highest BCUT2D eigenvalue weighted by molar-refractivity contribution is 5.82. The van der Waals surface area contributed by atoms with Gasteiger partial charge in [0.1, 0.15) is 29.8 Å². The van der Waals surface area contributed by atoms with Crippen LogP contribution in [0.1, 0.15) is 59.1 Å². The Hall–Kier alpha value is -3.80. The second-order valence-electron chi connectivity index (χ2n) is 11.4. The molecular formula is C32H43F4N3O5. The van der Waals surface area contributed by atoms with Gasteiger partial charge in [-0.25, -0.2) is 9.18 Å². The number of carbonyl (C=O) groups is 2. The number of anilines is 1. The minimum absolute atomic E-state index is 0.0468. The third kappa shape index (κ3) is 11.4. The average Bonchev–Trinajstić information content (AvgIpc) is 2.95. The van der Waals surface area contributed by atoms with E-state index in [-0.39, 0.29) is 18.7 Å². The van der Waals surface area contributed by atoms with E-state index < -0.39 is 53.9 Å². The summed E-state index contributed by atoms with van der Waals surface area (Å²) in [6.45, 7) is 11.1. The molecule has 0 saturated heterocycles. The summed E-state index contributed by atoms with van der Waals surface area (Å²) in [4.78, 5) is 25.6. The highest BCUT2D eigenvalue weighted by atomic mass is 19.4. The van der Waals surface area contributed by atoms with Crippen LogP contribution in [0.5, 0.6) is 11.5 Å². The van der Waals surface area contributed by atoms with E-state index in [0.717, 1.165) is 0 Å². The van der Waals surface area contributed by atoms with E-state index in [1.54, 1.807) is 45.0 Å². The molecule has 0 fully saturated rings. The quantitative estimate of drug-likeness (QED) is 0.108. The molecule has 244 valence electrons. The van der Waals surface area contributed by atoms with Crippen LogP contribution in [0.2, 0.25) is 0 Å². The van der Waals surface area contributed by atoms with Crippen LogP contribution in [0.25, 0.3) is 0 Å². The van der Waals surface area contributed by atoms with Crippen LogP contribution in [-0.2, 0) is 14.3 Å². The predicted octanol–water partition coefficient (Wildman–Crippen LogP) is 6.29. The molecule has 12 heteroatoms. The molecule has 0 aliphatic rings. The minimum Gasteiger partial charge on any atom is -0.494 e. The molecule has 1 amide bonds. The van der Waals surface area contributed by atoms with Gasteiger partial charge in [0.2, 0.25) is 5.91 Å². The van der Waals surface area contributed by atoms with Crippen LogP contribution in [-0.4, -0.2) is 61.7 Å². The van der Waals surface area contributed by atoms with Gasteiger partial charge < -0.3 is 24.8 Å². The van der Waals surface area contributed by atoms with Crippen molar-refractivity contribution in [2.45, 2.75) is 83.0 Å². The SMILES string of the molecule is C=CCOC(=O)C(C)(C)Oc1ccc(NC[C@H](CC)NC(=O)[C@H](CC(C)(C)F)N[C@@H](c2ccccc2)C(F)(F)F)c(OC)c1. The lowest BCUT2D eigenvalue weighted by molar-refractivity contribution is -0.161. The third-order valence-corrected chi connectivity index (χ3v) is 6.58. The summed E-state index contributed by atoms with van der Waals surface area (Å²) >= 11 is 0. The molecule has 0 aliphatic carbocycles. The molecule has 0 radical (unpaired) electrons. The van der Waals surface area contributed by atoms with Crippen LogP contribution >= 0.6 is 0 Å². The first-order chi connectivity index (χ1) is 20.5. The Morgan fingerprint density at radius 1 is 1.02 bits per heavy atom. The summed E-state index contributed by atoms with van der Waals surface area (Å²) in [6, 6.07) is 7.84. The molecule has 8 nitrogen and oxygen atoms in total. The maximum atomic E-state index is 14.7. The zero-order valence-electron chi connectivity index (χ0n) is 26.0. The largest absolute Gasteiger partial charge is 0.494 e. The molecule has 0 spiro atoms. The average molecular weight is 626 g/mol. The highest BCUT2D eigenvalue weighted by Crippen LogP contribution is 2.34. The van der Waals surface area contributed by atoms with Crippen molar-refractivity contribution in [3.8, 4) is 11.5 Å². The number of hydrogen-bond acceptors (Lipinski definition) is 7. The van der Waals surface area contributed by atoms with Gasteiger partial charge in [-0.05, 0) is 51.8 Å². The number of nitrogens with one attached hydrogen (secondary N) is 3. The zero-order chi connectivity index (χ0) is 33.1. The van der Waals surface area contributed by atoms with E-state index in [4.69, 9.17) is 14.2 Å². The number of alkyl halides is 4. The van der Waals surface area contributed by atoms with Crippen molar-refractivity contribution in [1.29, 1.82) is 0 Å². The highest BCUT2D eigenvalue weighted by Gasteiger charge is 2.44. The summed E-state index contributed by atoms with van der Waals surface area (Å²) in [5.41, 5.74) is -2.75. The van der Waals surface area contributed by atoms with Gasteiger partial charge in [-0.2, -0.15) is 13.2 Å². The summed E-state index contributed by atoms with van der Waals surface area (Å²) in [7, 11) is 1.45. The zero-order valence-corrected chi connectivity index (χ0v) is 26.0. The Morgan fingerprint density at radius 2 is 1.68 bits per heavy atom. The lowest BCUT2D eigenvalue weighted by Gasteiger charge is -2.31. The van der Waals surface area contributed by atoms with Crippen molar-refractivity contribution in [2.75, 3.05) is 25.6 Å². The van der Waals surface area contributed by atoms with Gasteiger partial charge in [0, 0.05) is 25.1 Å². The second kappa shape index (κ2) is 15.8. The van der Waals surface area contributed by atoms with Crippen molar-refractivity contribution >= 4 is 17.6 Å². The van der Waals surface area contributed by atoms with Gasteiger partial charge in [0.15, 0.2) is 5.60 Å². The Morgan fingerprint density at radius 3 is 2.23 bits per heavy atom. The third-order valence-electron chi connectivity index (χ3n) is 6.58. The smallest absolute Gasteiger partial charge is 0.407 e. The fourth-order valence-electron chi connectivity index (χ4n) is 4.30. The molecule has 0 bridgehead atoms. The Balaban J connectivity index is 2.16. The summed E-state index contributed by atoms with van der Waals surface area (Å²) < 4.78 is 73.2. The Bertz CT molecular complexity index is 1230. The standard InChI is InChI=1S/C32H43F4N3O5/c1-8-17-43-29(41)31(5,6)44-23-15-16-24(26(18-23)42-7)37-20-22(9-2)38-28(40)25(19-30(3,4)33)39-27(32(34,35)36)21-13-11-10-12-14-21/h8,10-16,18,22,25,27,37,39H,1,9,17,19-20H2,2-7H3,(H,38,40)/t22-,25-,27-/m0/s1. The first-order valence-corrected chi connectivity index (χ1v) is 14.3. The molecule has 3 N–H and O–H groups in total. The maximum Gasteiger partial charge on any atom is 0.407 e. The van der Waals surface area contributed by atoms with Gasteiger partial charge in [-0.3, -0.25) is 10.1 Å². The molecule has 0 saturated carbocycles. The molecule has 0 unspecified atom stereocenters. The lowest BCUT2D eigenvalue weighted by atomic mass is 9.97. The molecule has 0 aliphatic heterocycles. The molecule has 2 aromatic carbocycles. The first-order valence-electron chi connectivity index (χ1n) is 14.3. The lowest BCUT2D eigenvalue weighted by Crippen LogP contribution is -2.53. The van der Waals surface area contributed by atoms with E-state index in [0.29, 0.717) is 23.6 Å². The molecule has 3 atom stereocenters. The maximum absolute atomic E-state index is 14.7. The number of ether oxygens (including phenoxy) is 3. The topological polar surface area (TPSA) is 97.9 Å². The fourth-order valence-corrected chi connectivity index (χ4v) is 4.30. The fraction of sp³-hybridized carbons (Fsp3) is 0.500. The van der Waals surface area contributed by atoms with Gasteiger partial charge in [0.05, 0.1) is 18.8 Å². The van der Waals surface area contributed by atoms with Crippen LogP contribution in [0.4, 0.5) is 23.2 Å². The molecule has 44 heavy (non-hydrogen) atoms. The van der Waals surface area contributed by atoms with Crippen molar-refractivity contribution in [3.63, 3.8) is 0 Å². The van der Waals surface area contributed by atoms with Crippen molar-refractivity contribution in [3.05, 3.63) is 66.7 Å². The van der Waals surface area contributed by atoms with E-state index >= 15 is 0 Å². The van der Waals surface area contributed by atoms with Gasteiger partial charge >= 0.3 is 12.1 Å². The van der Waals surface area contributed by atoms with E-state index in [2.05, 4.69) is 22.5 Å². The number of rotatable bonds is 17. The molecule has 0 aromatic heterocycles. The summed E-state index contributed by atoms with van der Waals surface area (Å²) in [6.07, 6.45) is -3.32. The van der Waals surface area contributed by atoms with Gasteiger partial charge in [0.25, 0.3) is 0 Å². The number of benzene rings is 2. The van der Waals surface area contributed by atoms with Crippen LogP contribution in [0.3, 0.4) is 0 Å². The number of amides is 1. The normalized spacial score (nSPS) is 14.1. The first kappa shape index (κ1) is 36.4. The van der Waals surface area contributed by atoms with Crippen LogP contribution < -0.4 is 25.4 Å². The van der Waals surface area contributed by atoms with Crippen molar-refractivity contribution in [2.24, 2.45) is 0 Å². The van der Waals surface area contributed by atoms with Crippen LogP contribution in [0.15, 0.2) is 61.2 Å². The molecular weight excluding hydrogens is 582 g/mol. The van der Waals surface area contributed by atoms with Gasteiger partial charge in [-0.1, -0.05) is 49.9 Å². The molecule has 0 heterocycles. The monoisotopic (exact) mass is 625 g/mol. The second-order valence-corrected chi connectivity index (χ2v) is 11.4. The Kier molecular flexibility index (Phi) is 13.1. The number of methoxy groups -OCH3 is 1. The van der Waals surface area contributed by atoms with Gasteiger partial charge in [-0.15, -0.1) is 0 Å². The number of hydrogen-bond donors (Lipinski definition) is 3. The number of carbonyl (C=O) groups excluding carboxylic acids is 2. The summed E-state index contributed by atoms with van der Waals surface area (Å²) in [5, 5.41) is 8.28. The number of halogens is 4. The van der Waals surface area contributed by atoms with Crippen molar-refractivity contribution < 1.29 is 41.4 Å². The molecule has 2 aromatic rings. The van der Waals surface area contributed by atoms with E-state index in [1.807, 2.05) is 0 Å².